The summed E-state index contributed by atoms with van der Waals surface area (Å²) in [5.74, 6) is 0.871. The third kappa shape index (κ3) is 6.20. The maximum absolute atomic E-state index is 13.8. The van der Waals surface area contributed by atoms with E-state index in [1.165, 1.54) is 11.8 Å². The lowest BCUT2D eigenvalue weighted by Gasteiger charge is -2.16. The second kappa shape index (κ2) is 12.2. The highest BCUT2D eigenvalue weighted by Gasteiger charge is 2.35. The molecule has 0 saturated carbocycles. The van der Waals surface area contributed by atoms with Crippen LogP contribution in [0.2, 0.25) is 10.0 Å². The van der Waals surface area contributed by atoms with Gasteiger partial charge in [-0.3, -0.25) is 9.69 Å². The van der Waals surface area contributed by atoms with E-state index in [0.717, 1.165) is 28.1 Å². The first-order valence-corrected chi connectivity index (χ1v) is 14.1. The zero-order chi connectivity index (χ0) is 28.2. The summed E-state index contributed by atoms with van der Waals surface area (Å²) in [6, 6.07) is 26.5. The molecule has 1 fully saturated rings. The summed E-state index contributed by atoms with van der Waals surface area (Å²) < 4.78 is 11.8. The van der Waals surface area contributed by atoms with E-state index in [0.29, 0.717) is 37.2 Å². The number of rotatable bonds is 7. The molecule has 0 radical (unpaired) electrons. The Balaban J connectivity index is 1.53. The average molecular weight is 590 g/mol. The predicted molar refractivity (Wildman–Crippen MR) is 166 cm³/mol. The average Bonchev–Trinajstić information content (AvgIpc) is 3.24. The van der Waals surface area contributed by atoms with Gasteiger partial charge in [-0.2, -0.15) is 0 Å². The Labute approximate surface area is 248 Å². The number of benzene rings is 4. The highest BCUT2D eigenvalue weighted by Crippen LogP contribution is 2.40. The van der Waals surface area contributed by atoms with Crippen molar-refractivity contribution in [2.24, 2.45) is 4.99 Å². The van der Waals surface area contributed by atoms with E-state index < -0.39 is 0 Å². The summed E-state index contributed by atoms with van der Waals surface area (Å²) in [6.07, 6.45) is 1.81. The number of halogens is 2. The lowest BCUT2D eigenvalue weighted by molar-refractivity contribution is -0.113. The number of para-hydroxylation sites is 1. The Morgan fingerprint density at radius 3 is 2.30 bits per heavy atom. The van der Waals surface area contributed by atoms with Crippen LogP contribution in [0, 0.1) is 13.8 Å². The summed E-state index contributed by atoms with van der Waals surface area (Å²) in [5.41, 5.74) is 5.23. The van der Waals surface area contributed by atoms with Crippen LogP contribution in [0.15, 0.2) is 94.8 Å². The number of carbonyl (C=O) groups is 1. The molecule has 0 N–H and O–H groups in total. The van der Waals surface area contributed by atoms with Gasteiger partial charge in [-0.05, 0) is 74.1 Å². The highest BCUT2D eigenvalue weighted by atomic mass is 35.5. The van der Waals surface area contributed by atoms with Crippen LogP contribution in [0.25, 0.3) is 6.08 Å². The Bertz CT molecular complexity index is 1620. The van der Waals surface area contributed by atoms with E-state index in [1.807, 2.05) is 92.7 Å². The molecule has 0 spiro atoms. The van der Waals surface area contributed by atoms with Crippen molar-refractivity contribution in [3.8, 4) is 11.5 Å². The van der Waals surface area contributed by atoms with E-state index in [2.05, 4.69) is 0 Å². The van der Waals surface area contributed by atoms with Crippen LogP contribution < -0.4 is 14.4 Å². The van der Waals surface area contributed by atoms with E-state index in [9.17, 15) is 4.79 Å². The topological polar surface area (TPSA) is 51.1 Å². The van der Waals surface area contributed by atoms with Gasteiger partial charge in [-0.15, -0.1) is 0 Å². The van der Waals surface area contributed by atoms with Crippen molar-refractivity contribution in [1.29, 1.82) is 0 Å². The number of thioether (sulfide) groups is 1. The summed E-state index contributed by atoms with van der Waals surface area (Å²) in [7, 11) is 1.58. The Kier molecular flexibility index (Phi) is 8.50. The Hall–Kier alpha value is -3.71. The SMILES string of the molecule is COc1cccc(/C=C2/SC(=Nc3ccc(C)cc3)N(c3ccc(C)cc3)C2=O)c1OCc1ccc(Cl)cc1Cl. The van der Waals surface area contributed by atoms with Gasteiger partial charge in [0, 0.05) is 21.2 Å². The van der Waals surface area contributed by atoms with Gasteiger partial charge in [0.25, 0.3) is 5.91 Å². The summed E-state index contributed by atoms with van der Waals surface area (Å²) in [5, 5.41) is 1.63. The number of nitrogens with zero attached hydrogens (tertiary/aromatic N) is 2. The number of aryl methyl sites for hydroxylation is 2. The van der Waals surface area contributed by atoms with Crippen molar-refractivity contribution in [3.63, 3.8) is 0 Å². The number of carbonyl (C=O) groups excluding carboxylic acids is 1. The minimum atomic E-state index is -0.172. The van der Waals surface area contributed by atoms with Gasteiger partial charge in [0.05, 0.1) is 23.4 Å². The quantitative estimate of drug-likeness (QED) is 0.202. The Morgan fingerprint density at radius 2 is 1.62 bits per heavy atom. The first-order chi connectivity index (χ1) is 19.3. The van der Waals surface area contributed by atoms with Crippen molar-refractivity contribution in [3.05, 3.63) is 122 Å². The lowest BCUT2D eigenvalue weighted by Crippen LogP contribution is -2.28. The van der Waals surface area contributed by atoms with Gasteiger partial charge in [0.15, 0.2) is 16.7 Å². The van der Waals surface area contributed by atoms with Gasteiger partial charge >= 0.3 is 0 Å². The maximum atomic E-state index is 13.8. The van der Waals surface area contributed by atoms with Crippen LogP contribution >= 0.6 is 35.0 Å². The number of hydrogen-bond donors (Lipinski definition) is 0. The number of ether oxygens (including phenoxy) is 2. The minimum Gasteiger partial charge on any atom is -0.493 e. The maximum Gasteiger partial charge on any atom is 0.271 e. The standard InChI is InChI=1S/C32H26Cl2N2O3S/c1-20-7-13-25(14-8-20)35-32-36(26-15-9-21(2)10-16-26)31(37)29(40-32)17-22-5-4-6-28(38-3)30(22)39-19-23-11-12-24(33)18-27(23)34/h4-18H,19H2,1-3H3/b29-17+,35-32?. The van der Waals surface area contributed by atoms with Crippen molar-refractivity contribution in [1.82, 2.24) is 0 Å². The van der Waals surface area contributed by atoms with Crippen LogP contribution in [-0.2, 0) is 11.4 Å². The summed E-state index contributed by atoms with van der Waals surface area (Å²) >= 11 is 13.7. The van der Waals surface area contributed by atoms with Crippen molar-refractivity contribution < 1.29 is 14.3 Å². The molecule has 1 heterocycles. The molecule has 202 valence electrons. The molecule has 0 bridgehead atoms. The molecule has 0 atom stereocenters. The molecule has 40 heavy (non-hydrogen) atoms. The number of methoxy groups -OCH3 is 1. The molecule has 8 heteroatoms. The van der Waals surface area contributed by atoms with E-state index in [4.69, 9.17) is 37.7 Å². The normalized spacial score (nSPS) is 15.2. The molecule has 0 aliphatic carbocycles. The first-order valence-electron chi connectivity index (χ1n) is 12.5. The van der Waals surface area contributed by atoms with Crippen molar-refractivity contribution in [2.75, 3.05) is 12.0 Å². The molecule has 1 amide bonds. The predicted octanol–water partition coefficient (Wildman–Crippen LogP) is 9.01. The fourth-order valence-electron chi connectivity index (χ4n) is 4.09. The highest BCUT2D eigenvalue weighted by molar-refractivity contribution is 8.19. The minimum absolute atomic E-state index is 0.172. The molecule has 1 aliphatic heterocycles. The second-order valence-corrected chi connectivity index (χ2v) is 11.1. The van der Waals surface area contributed by atoms with Gasteiger partial charge in [-0.25, -0.2) is 4.99 Å². The lowest BCUT2D eigenvalue weighted by atomic mass is 10.1. The van der Waals surface area contributed by atoms with E-state index >= 15 is 0 Å². The van der Waals surface area contributed by atoms with Gasteiger partial charge in [-0.1, -0.05) is 76.8 Å². The number of aliphatic imine (C=N–C) groups is 1. The van der Waals surface area contributed by atoms with E-state index in [-0.39, 0.29) is 12.5 Å². The van der Waals surface area contributed by atoms with Gasteiger partial charge in [0.2, 0.25) is 0 Å². The van der Waals surface area contributed by atoms with Crippen LogP contribution in [0.4, 0.5) is 11.4 Å². The summed E-state index contributed by atoms with van der Waals surface area (Å²) in [4.78, 5) is 20.8. The zero-order valence-electron chi connectivity index (χ0n) is 22.2. The number of hydrogen-bond acceptors (Lipinski definition) is 5. The fourth-order valence-corrected chi connectivity index (χ4v) is 5.55. The molecule has 4 aromatic carbocycles. The Morgan fingerprint density at radius 1 is 0.925 bits per heavy atom. The molecule has 1 aliphatic rings. The molecular weight excluding hydrogens is 563 g/mol. The largest absolute Gasteiger partial charge is 0.493 e. The monoisotopic (exact) mass is 588 g/mol. The molecule has 4 aromatic rings. The van der Waals surface area contributed by atoms with Crippen LogP contribution in [-0.4, -0.2) is 18.2 Å². The first kappa shape index (κ1) is 27.8. The zero-order valence-corrected chi connectivity index (χ0v) is 24.5. The third-order valence-corrected chi connectivity index (χ3v) is 7.82. The van der Waals surface area contributed by atoms with Crippen LogP contribution in [0.3, 0.4) is 0 Å². The fraction of sp³-hybridized carbons (Fsp3) is 0.125. The molecule has 0 unspecified atom stereocenters. The number of anilines is 1. The number of amides is 1. The van der Waals surface area contributed by atoms with Gasteiger partial charge in [0.1, 0.15) is 6.61 Å². The molecule has 1 saturated heterocycles. The molecular formula is C32H26Cl2N2O3S. The molecule has 5 nitrogen and oxygen atoms in total. The molecule has 0 aromatic heterocycles. The van der Waals surface area contributed by atoms with Crippen LogP contribution in [0.5, 0.6) is 11.5 Å². The smallest absolute Gasteiger partial charge is 0.271 e. The van der Waals surface area contributed by atoms with Crippen molar-refractivity contribution >= 4 is 63.5 Å². The third-order valence-electron chi connectivity index (χ3n) is 6.26. The second-order valence-electron chi connectivity index (χ2n) is 9.22. The van der Waals surface area contributed by atoms with Crippen LogP contribution in [0.1, 0.15) is 22.3 Å². The summed E-state index contributed by atoms with van der Waals surface area (Å²) in [6.45, 7) is 4.24. The van der Waals surface area contributed by atoms with E-state index in [1.54, 1.807) is 24.1 Å². The molecule has 5 rings (SSSR count). The van der Waals surface area contributed by atoms with Crippen molar-refractivity contribution in [2.45, 2.75) is 20.5 Å². The van der Waals surface area contributed by atoms with Gasteiger partial charge < -0.3 is 9.47 Å². The number of amidine groups is 1.